The maximum absolute atomic E-state index is 11.8. The van der Waals surface area contributed by atoms with Crippen LogP contribution in [0.2, 0.25) is 0 Å². The predicted octanol–water partition coefficient (Wildman–Crippen LogP) is 2.72. The minimum absolute atomic E-state index is 0.330. The van der Waals surface area contributed by atoms with E-state index < -0.39 is 5.60 Å². The van der Waals surface area contributed by atoms with Gasteiger partial charge in [0.25, 0.3) is 0 Å². The van der Waals surface area contributed by atoms with E-state index in [1.54, 1.807) is 18.0 Å². The van der Waals surface area contributed by atoms with Gasteiger partial charge >= 0.3 is 6.09 Å². The van der Waals surface area contributed by atoms with Crippen molar-refractivity contribution in [3.05, 3.63) is 36.2 Å². The Kier molecular flexibility index (Phi) is 7.06. The molecular weight excluding hydrogens is 266 g/mol. The van der Waals surface area contributed by atoms with Crippen LogP contribution in [0.1, 0.15) is 27.7 Å². The van der Waals surface area contributed by atoms with E-state index in [0.717, 1.165) is 11.3 Å². The fraction of sp³-hybridized carbons (Fsp3) is 0.562. The van der Waals surface area contributed by atoms with Crippen LogP contribution in [0.3, 0.4) is 0 Å². The van der Waals surface area contributed by atoms with Gasteiger partial charge in [-0.05, 0) is 39.3 Å². The molecule has 0 aliphatic rings. The van der Waals surface area contributed by atoms with Crippen LogP contribution in [-0.4, -0.2) is 48.7 Å². The molecule has 0 rings (SSSR count). The van der Waals surface area contributed by atoms with E-state index >= 15 is 0 Å². The van der Waals surface area contributed by atoms with Crippen molar-refractivity contribution in [2.75, 3.05) is 27.2 Å². The average molecular weight is 295 g/mol. The van der Waals surface area contributed by atoms with Crippen molar-refractivity contribution in [2.45, 2.75) is 33.3 Å². The van der Waals surface area contributed by atoms with Crippen molar-refractivity contribution in [1.29, 1.82) is 0 Å². The summed E-state index contributed by atoms with van der Waals surface area (Å²) in [6.45, 7) is 16.3. The monoisotopic (exact) mass is 295 g/mol. The number of ether oxygens (including phenoxy) is 1. The highest BCUT2D eigenvalue weighted by Gasteiger charge is 2.19. The highest BCUT2D eigenvalue weighted by atomic mass is 16.6. The van der Waals surface area contributed by atoms with Gasteiger partial charge in [-0.25, -0.2) is 4.79 Å². The van der Waals surface area contributed by atoms with Crippen molar-refractivity contribution < 1.29 is 9.53 Å². The number of carbonyl (C=O) groups is 1. The van der Waals surface area contributed by atoms with Crippen LogP contribution < -0.4 is 5.73 Å². The molecule has 0 aliphatic carbocycles. The Hall–Kier alpha value is -1.91. The van der Waals surface area contributed by atoms with Gasteiger partial charge in [0.05, 0.1) is 0 Å². The third-order valence-electron chi connectivity index (χ3n) is 2.79. The number of hydrogen-bond donors (Lipinski definition) is 1. The highest BCUT2D eigenvalue weighted by molar-refractivity contribution is 5.67. The smallest absolute Gasteiger partial charge is 0.410 e. The van der Waals surface area contributed by atoms with Gasteiger partial charge in [-0.2, -0.15) is 0 Å². The van der Waals surface area contributed by atoms with Crippen molar-refractivity contribution in [3.63, 3.8) is 0 Å². The van der Waals surface area contributed by atoms with Crippen molar-refractivity contribution in [1.82, 2.24) is 9.80 Å². The third kappa shape index (κ3) is 8.07. The number of hydrogen-bond acceptors (Lipinski definition) is 4. The van der Waals surface area contributed by atoms with E-state index in [2.05, 4.69) is 13.2 Å². The molecule has 0 fully saturated rings. The van der Waals surface area contributed by atoms with Crippen LogP contribution in [0.15, 0.2) is 36.2 Å². The Morgan fingerprint density at radius 3 is 2.10 bits per heavy atom. The molecule has 5 heteroatoms. The lowest BCUT2D eigenvalue weighted by Gasteiger charge is -2.28. The van der Waals surface area contributed by atoms with Gasteiger partial charge in [-0.15, -0.1) is 0 Å². The molecule has 0 aromatic carbocycles. The van der Waals surface area contributed by atoms with Gasteiger partial charge in [0.2, 0.25) is 0 Å². The second-order valence-electron chi connectivity index (χ2n) is 6.17. The summed E-state index contributed by atoms with van der Waals surface area (Å²) in [4.78, 5) is 15.4. The molecule has 0 saturated heterocycles. The van der Waals surface area contributed by atoms with E-state index in [9.17, 15) is 4.79 Å². The summed E-state index contributed by atoms with van der Waals surface area (Å²) in [7, 11) is 3.64. The lowest BCUT2D eigenvalue weighted by molar-refractivity contribution is 0.0291. The number of carbonyl (C=O) groups excluding carboxylic acids is 1. The summed E-state index contributed by atoms with van der Waals surface area (Å²) in [6.07, 6.45) is 1.44. The van der Waals surface area contributed by atoms with Gasteiger partial charge in [-0.1, -0.05) is 13.2 Å². The predicted molar refractivity (Wildman–Crippen MR) is 87.7 cm³/mol. The van der Waals surface area contributed by atoms with Gasteiger partial charge < -0.3 is 20.3 Å². The van der Waals surface area contributed by atoms with Gasteiger partial charge in [0.15, 0.2) is 0 Å². The second kappa shape index (κ2) is 7.76. The quantitative estimate of drug-likeness (QED) is 0.765. The first-order valence-electron chi connectivity index (χ1n) is 6.91. The Morgan fingerprint density at radius 2 is 1.67 bits per heavy atom. The first kappa shape index (κ1) is 19.1. The zero-order valence-corrected chi connectivity index (χ0v) is 14.2. The molecule has 21 heavy (non-hydrogen) atoms. The zero-order chi connectivity index (χ0) is 16.8. The molecule has 0 spiro atoms. The largest absolute Gasteiger partial charge is 0.444 e. The summed E-state index contributed by atoms with van der Waals surface area (Å²) >= 11 is 0. The molecule has 0 saturated carbocycles. The van der Waals surface area contributed by atoms with E-state index in [-0.39, 0.29) is 6.09 Å². The van der Waals surface area contributed by atoms with Crippen molar-refractivity contribution in [2.24, 2.45) is 5.73 Å². The molecule has 0 aliphatic heterocycles. The van der Waals surface area contributed by atoms with Crippen LogP contribution in [0.4, 0.5) is 4.79 Å². The fourth-order valence-electron chi connectivity index (χ4n) is 1.53. The topological polar surface area (TPSA) is 58.8 Å². The molecule has 5 nitrogen and oxygen atoms in total. The summed E-state index contributed by atoms with van der Waals surface area (Å²) in [5.74, 6) is 0. The van der Waals surface area contributed by atoms with E-state index in [1.807, 2.05) is 39.6 Å². The van der Waals surface area contributed by atoms with Crippen LogP contribution in [0.5, 0.6) is 0 Å². The molecule has 120 valence electrons. The Bertz CT molecular complexity index is 433. The molecule has 1 amide bonds. The number of allylic oxidation sites excluding steroid dienone is 2. The molecule has 0 bridgehead atoms. The molecule has 0 aromatic rings. The average Bonchev–Trinajstić information content (AvgIpc) is 2.31. The standard InChI is InChI=1S/C16H29N3O2/c1-12(11-13(2)17)14(3)18(7)9-10-19(8)15(20)21-16(4,5)6/h11H,2-3,9-10,17H2,1,4-8H3/b12-11-. The number of likely N-dealkylation sites (N-methyl/N-ethyl adjacent to an activating group) is 2. The van der Waals surface area contributed by atoms with Crippen LogP contribution >= 0.6 is 0 Å². The lowest BCUT2D eigenvalue weighted by Crippen LogP contribution is -2.38. The summed E-state index contributed by atoms with van der Waals surface area (Å²) < 4.78 is 5.30. The number of rotatable bonds is 6. The third-order valence-corrected chi connectivity index (χ3v) is 2.79. The normalized spacial score (nSPS) is 11.8. The SMILES string of the molecule is C=C(N)/C=C(/C)C(=C)N(C)CCN(C)C(=O)OC(C)(C)C. The van der Waals surface area contributed by atoms with E-state index in [1.165, 1.54) is 0 Å². The molecule has 0 radical (unpaired) electrons. The lowest BCUT2D eigenvalue weighted by atomic mass is 10.2. The first-order valence-corrected chi connectivity index (χ1v) is 6.91. The minimum atomic E-state index is -0.484. The molecule has 0 unspecified atom stereocenters. The Labute approximate surface area is 128 Å². The molecule has 2 N–H and O–H groups in total. The van der Waals surface area contributed by atoms with Crippen LogP contribution in [0, 0.1) is 0 Å². The van der Waals surface area contributed by atoms with Gasteiger partial charge in [-0.3, -0.25) is 0 Å². The molecule has 0 aromatic heterocycles. The fourth-order valence-corrected chi connectivity index (χ4v) is 1.53. The second-order valence-corrected chi connectivity index (χ2v) is 6.17. The number of amides is 1. The number of nitrogens with two attached hydrogens (primary N) is 1. The van der Waals surface area contributed by atoms with Crippen LogP contribution in [-0.2, 0) is 4.74 Å². The zero-order valence-electron chi connectivity index (χ0n) is 14.2. The van der Waals surface area contributed by atoms with Gasteiger partial charge in [0.1, 0.15) is 5.60 Å². The molecule has 0 atom stereocenters. The van der Waals surface area contributed by atoms with Crippen molar-refractivity contribution >= 4 is 6.09 Å². The summed E-state index contributed by atoms with van der Waals surface area (Å²) in [5.41, 5.74) is 7.36. The maximum Gasteiger partial charge on any atom is 0.410 e. The van der Waals surface area contributed by atoms with E-state index in [0.29, 0.717) is 18.8 Å². The minimum Gasteiger partial charge on any atom is -0.444 e. The van der Waals surface area contributed by atoms with E-state index in [4.69, 9.17) is 10.5 Å². The first-order chi connectivity index (χ1) is 9.44. The molecule has 0 heterocycles. The highest BCUT2D eigenvalue weighted by Crippen LogP contribution is 2.12. The van der Waals surface area contributed by atoms with Crippen molar-refractivity contribution in [3.8, 4) is 0 Å². The summed E-state index contributed by atoms with van der Waals surface area (Å²) in [6, 6.07) is 0. The summed E-state index contributed by atoms with van der Waals surface area (Å²) in [5, 5.41) is 0. The number of nitrogens with zero attached hydrogens (tertiary/aromatic N) is 2. The van der Waals surface area contributed by atoms with Gasteiger partial charge in [0, 0.05) is 38.6 Å². The Balaban J connectivity index is 4.42. The Morgan fingerprint density at radius 1 is 1.19 bits per heavy atom. The van der Waals surface area contributed by atoms with Crippen LogP contribution in [0.25, 0.3) is 0 Å². The molecular formula is C16H29N3O2. The maximum atomic E-state index is 11.8.